The summed E-state index contributed by atoms with van der Waals surface area (Å²) in [4.78, 5) is 15.2. The van der Waals surface area contributed by atoms with Gasteiger partial charge < -0.3 is 5.11 Å². The second-order valence-corrected chi connectivity index (χ2v) is 3.76. The highest BCUT2D eigenvalue weighted by atomic mass is 32.1. The molecule has 0 aliphatic carbocycles. The van der Waals surface area contributed by atoms with E-state index in [1.165, 1.54) is 23.7 Å². The monoisotopic (exact) mass is 226 g/mol. The second kappa shape index (κ2) is 3.82. The summed E-state index contributed by atoms with van der Waals surface area (Å²) in [7, 11) is 0. The van der Waals surface area contributed by atoms with Gasteiger partial charge in [-0.1, -0.05) is 6.07 Å². The first kappa shape index (κ1) is 9.85. The van der Waals surface area contributed by atoms with Crippen molar-refractivity contribution in [3.05, 3.63) is 29.9 Å². The molecule has 0 aliphatic rings. The van der Waals surface area contributed by atoms with Gasteiger partial charge in [-0.05, 0) is 11.4 Å². The molecule has 78 valence electrons. The Balaban J connectivity index is 2.43. The highest BCUT2D eigenvalue weighted by Crippen LogP contribution is 2.25. The molecule has 0 spiro atoms. The molecule has 6 heteroatoms. The SMILES string of the molecule is O=C(O)C(F)n1ccnc1-c1cccs1. The third kappa shape index (κ3) is 1.75. The van der Waals surface area contributed by atoms with Crippen molar-refractivity contribution in [2.75, 3.05) is 0 Å². The van der Waals surface area contributed by atoms with Crippen LogP contribution in [0.15, 0.2) is 29.9 Å². The summed E-state index contributed by atoms with van der Waals surface area (Å²) in [6.07, 6.45) is 0.600. The van der Waals surface area contributed by atoms with Gasteiger partial charge in [0.25, 0.3) is 6.30 Å². The van der Waals surface area contributed by atoms with Crippen LogP contribution in [0.1, 0.15) is 6.30 Å². The molecular formula is C9H7FN2O2S. The number of carbonyl (C=O) groups is 1. The average Bonchev–Trinajstić information content (AvgIpc) is 2.86. The predicted octanol–water partition coefficient (Wildman–Crippen LogP) is 2.16. The van der Waals surface area contributed by atoms with Crippen molar-refractivity contribution in [3.63, 3.8) is 0 Å². The van der Waals surface area contributed by atoms with Gasteiger partial charge in [0.1, 0.15) is 0 Å². The van der Waals surface area contributed by atoms with E-state index in [-0.39, 0.29) is 0 Å². The summed E-state index contributed by atoms with van der Waals surface area (Å²) in [5.41, 5.74) is 0. The second-order valence-electron chi connectivity index (χ2n) is 2.81. The quantitative estimate of drug-likeness (QED) is 0.872. The maximum Gasteiger partial charge on any atom is 0.359 e. The van der Waals surface area contributed by atoms with E-state index in [4.69, 9.17) is 5.11 Å². The van der Waals surface area contributed by atoms with E-state index >= 15 is 0 Å². The number of imidazole rings is 1. The number of halogens is 1. The molecule has 2 heterocycles. The topological polar surface area (TPSA) is 55.1 Å². The van der Waals surface area contributed by atoms with Crippen LogP contribution in [0.2, 0.25) is 0 Å². The Bertz CT molecular complexity index is 466. The maximum atomic E-state index is 13.3. The van der Waals surface area contributed by atoms with Crippen molar-refractivity contribution in [1.29, 1.82) is 0 Å². The third-order valence-corrected chi connectivity index (χ3v) is 2.72. The van der Waals surface area contributed by atoms with Gasteiger partial charge in [0, 0.05) is 12.4 Å². The summed E-state index contributed by atoms with van der Waals surface area (Å²) >= 11 is 1.38. The molecule has 15 heavy (non-hydrogen) atoms. The van der Waals surface area contributed by atoms with Crippen LogP contribution in [0.3, 0.4) is 0 Å². The van der Waals surface area contributed by atoms with Crippen molar-refractivity contribution in [2.24, 2.45) is 0 Å². The van der Waals surface area contributed by atoms with Crippen LogP contribution in [0, 0.1) is 0 Å². The highest BCUT2D eigenvalue weighted by molar-refractivity contribution is 7.13. The maximum absolute atomic E-state index is 13.3. The molecule has 0 aromatic carbocycles. The number of alkyl halides is 1. The van der Waals surface area contributed by atoms with Gasteiger partial charge in [0.15, 0.2) is 5.82 Å². The molecule has 0 saturated heterocycles. The van der Waals surface area contributed by atoms with Crippen LogP contribution in [0.4, 0.5) is 4.39 Å². The molecule has 0 amide bonds. The number of hydrogen-bond acceptors (Lipinski definition) is 3. The van der Waals surface area contributed by atoms with Crippen molar-refractivity contribution >= 4 is 17.3 Å². The van der Waals surface area contributed by atoms with Crippen LogP contribution in [-0.4, -0.2) is 20.6 Å². The molecular weight excluding hydrogens is 219 g/mol. The zero-order valence-corrected chi connectivity index (χ0v) is 8.32. The largest absolute Gasteiger partial charge is 0.478 e. The number of aromatic nitrogens is 2. The smallest absolute Gasteiger partial charge is 0.359 e. The van der Waals surface area contributed by atoms with Gasteiger partial charge in [0.05, 0.1) is 4.88 Å². The van der Waals surface area contributed by atoms with Crippen LogP contribution < -0.4 is 0 Å². The lowest BCUT2D eigenvalue weighted by Crippen LogP contribution is -2.14. The Morgan fingerprint density at radius 1 is 1.67 bits per heavy atom. The molecule has 2 aromatic rings. The lowest BCUT2D eigenvalue weighted by atomic mass is 10.4. The van der Waals surface area contributed by atoms with E-state index in [9.17, 15) is 9.18 Å². The molecule has 2 aromatic heterocycles. The predicted molar refractivity (Wildman–Crippen MR) is 53.3 cm³/mol. The fourth-order valence-corrected chi connectivity index (χ4v) is 1.94. The van der Waals surface area contributed by atoms with E-state index in [1.54, 1.807) is 12.1 Å². The minimum atomic E-state index is -2.09. The first-order chi connectivity index (χ1) is 7.20. The van der Waals surface area contributed by atoms with E-state index in [0.29, 0.717) is 5.82 Å². The Hall–Kier alpha value is -1.69. The van der Waals surface area contributed by atoms with E-state index in [2.05, 4.69) is 4.98 Å². The Morgan fingerprint density at radius 2 is 2.47 bits per heavy atom. The Morgan fingerprint density at radius 3 is 3.07 bits per heavy atom. The molecule has 0 fully saturated rings. The summed E-state index contributed by atoms with van der Waals surface area (Å²) in [5.74, 6) is -1.19. The van der Waals surface area contributed by atoms with Crippen LogP contribution in [-0.2, 0) is 4.79 Å². The molecule has 0 radical (unpaired) electrons. The molecule has 0 saturated carbocycles. The first-order valence-corrected chi connectivity index (χ1v) is 5.01. The number of rotatable bonds is 3. The summed E-state index contributed by atoms with van der Waals surface area (Å²) < 4.78 is 14.3. The number of carboxylic acid groups (broad SMARTS) is 1. The van der Waals surface area contributed by atoms with Gasteiger partial charge in [0.2, 0.25) is 0 Å². The molecule has 1 atom stereocenters. The number of aliphatic carboxylic acids is 1. The van der Waals surface area contributed by atoms with E-state index < -0.39 is 12.3 Å². The fraction of sp³-hybridized carbons (Fsp3) is 0.111. The molecule has 1 unspecified atom stereocenters. The molecule has 2 rings (SSSR count). The van der Waals surface area contributed by atoms with Gasteiger partial charge in [-0.25, -0.2) is 14.2 Å². The first-order valence-electron chi connectivity index (χ1n) is 4.13. The molecule has 1 N–H and O–H groups in total. The molecule has 0 aliphatic heterocycles. The summed E-state index contributed by atoms with van der Waals surface area (Å²) in [5, 5.41) is 10.4. The average molecular weight is 226 g/mol. The normalized spacial score (nSPS) is 12.6. The Kier molecular flexibility index (Phi) is 2.51. The summed E-state index contributed by atoms with van der Waals surface area (Å²) in [6, 6.07) is 3.56. The van der Waals surface area contributed by atoms with E-state index in [0.717, 1.165) is 9.44 Å². The standard InChI is InChI=1S/C9H7FN2O2S/c10-7(9(13)14)12-4-3-11-8(12)6-2-1-5-15-6/h1-5,7H,(H,13,14). The van der Waals surface area contributed by atoms with Crippen molar-refractivity contribution in [3.8, 4) is 10.7 Å². The number of thiophene rings is 1. The molecule has 0 bridgehead atoms. The Labute approximate surface area is 88.6 Å². The zero-order chi connectivity index (χ0) is 10.8. The van der Waals surface area contributed by atoms with Crippen LogP contribution >= 0.6 is 11.3 Å². The van der Waals surface area contributed by atoms with Gasteiger partial charge in [-0.15, -0.1) is 11.3 Å². The minimum absolute atomic E-state index is 0.333. The minimum Gasteiger partial charge on any atom is -0.478 e. The van der Waals surface area contributed by atoms with Gasteiger partial charge in [-0.3, -0.25) is 4.57 Å². The van der Waals surface area contributed by atoms with Crippen molar-refractivity contribution < 1.29 is 14.3 Å². The number of hydrogen-bond donors (Lipinski definition) is 1. The summed E-state index contributed by atoms with van der Waals surface area (Å²) in [6.45, 7) is 0. The lowest BCUT2D eigenvalue weighted by Gasteiger charge is -2.07. The van der Waals surface area contributed by atoms with Crippen LogP contribution in [0.25, 0.3) is 10.7 Å². The lowest BCUT2D eigenvalue weighted by molar-refractivity contribution is -0.146. The number of nitrogens with zero attached hydrogens (tertiary/aromatic N) is 2. The third-order valence-electron chi connectivity index (χ3n) is 1.86. The fourth-order valence-electron chi connectivity index (χ4n) is 1.21. The van der Waals surface area contributed by atoms with Gasteiger partial charge in [-0.2, -0.15) is 0 Å². The van der Waals surface area contributed by atoms with Crippen LogP contribution in [0.5, 0.6) is 0 Å². The molecule has 4 nitrogen and oxygen atoms in total. The van der Waals surface area contributed by atoms with Crippen molar-refractivity contribution in [1.82, 2.24) is 9.55 Å². The van der Waals surface area contributed by atoms with Crippen molar-refractivity contribution in [2.45, 2.75) is 6.30 Å². The van der Waals surface area contributed by atoms with Gasteiger partial charge >= 0.3 is 5.97 Å². The number of carboxylic acids is 1. The highest BCUT2D eigenvalue weighted by Gasteiger charge is 2.21. The zero-order valence-electron chi connectivity index (χ0n) is 7.50. The van der Waals surface area contributed by atoms with E-state index in [1.807, 2.05) is 5.38 Å².